The van der Waals surface area contributed by atoms with Crippen molar-refractivity contribution in [2.24, 2.45) is 0 Å². The number of hydrogen-bond acceptors (Lipinski definition) is 1. The molecule has 0 nitrogen and oxygen atoms in total. The maximum Gasteiger partial charge on any atom is 0.0607 e. The molecular formula is C14H8Cl4S. The highest BCUT2D eigenvalue weighted by Gasteiger charge is 2.05. The summed E-state index contributed by atoms with van der Waals surface area (Å²) in [4.78, 5) is 0.862. The topological polar surface area (TPSA) is 0 Å². The van der Waals surface area contributed by atoms with E-state index in [1.54, 1.807) is 12.1 Å². The van der Waals surface area contributed by atoms with Crippen LogP contribution in [0.3, 0.4) is 0 Å². The summed E-state index contributed by atoms with van der Waals surface area (Å²) in [6, 6.07) is 11.0. The molecule has 0 radical (unpaired) electrons. The predicted molar refractivity (Wildman–Crippen MR) is 87.8 cm³/mol. The summed E-state index contributed by atoms with van der Waals surface area (Å²) in [6.07, 6.45) is 1.97. The van der Waals surface area contributed by atoms with Gasteiger partial charge in [-0.2, -0.15) is 0 Å². The fourth-order valence-electron chi connectivity index (χ4n) is 1.35. The summed E-state index contributed by atoms with van der Waals surface area (Å²) in [5.41, 5.74) is 1.06. The number of rotatable bonds is 3. The first kappa shape index (κ1) is 15.1. The Bertz CT molecular complexity index is 606. The van der Waals surface area contributed by atoms with Crippen LogP contribution in [0.25, 0.3) is 6.08 Å². The van der Waals surface area contributed by atoms with Crippen molar-refractivity contribution in [2.45, 2.75) is 4.90 Å². The molecule has 0 bridgehead atoms. The highest BCUT2D eigenvalue weighted by atomic mass is 35.5. The Morgan fingerprint density at radius 1 is 0.789 bits per heavy atom. The maximum absolute atomic E-state index is 6.09. The summed E-state index contributed by atoms with van der Waals surface area (Å²) in [7, 11) is 0. The second kappa shape index (κ2) is 6.92. The molecule has 0 saturated carbocycles. The molecule has 0 aromatic heterocycles. The molecule has 0 heterocycles. The molecule has 0 N–H and O–H groups in total. The summed E-state index contributed by atoms with van der Waals surface area (Å²) < 4.78 is 0. The van der Waals surface area contributed by atoms with Gasteiger partial charge in [-0.1, -0.05) is 70.3 Å². The van der Waals surface area contributed by atoms with Gasteiger partial charge in [0.05, 0.1) is 15.1 Å². The van der Waals surface area contributed by atoms with E-state index in [2.05, 4.69) is 0 Å². The Morgan fingerprint density at radius 3 is 2.11 bits per heavy atom. The first-order valence-electron chi connectivity index (χ1n) is 5.29. The first-order chi connectivity index (χ1) is 9.06. The van der Waals surface area contributed by atoms with Gasteiger partial charge in [0, 0.05) is 9.92 Å². The largest absolute Gasteiger partial charge is 0.0964 e. The van der Waals surface area contributed by atoms with Crippen LogP contribution in [0.5, 0.6) is 0 Å². The van der Waals surface area contributed by atoms with Crippen LogP contribution >= 0.6 is 58.2 Å². The minimum absolute atomic E-state index is 0.456. The number of thioether (sulfide) groups is 1. The van der Waals surface area contributed by atoms with Gasteiger partial charge in [-0.25, -0.2) is 0 Å². The molecule has 0 unspecified atom stereocenters. The normalized spacial score (nSPS) is 11.2. The molecule has 0 saturated heterocycles. The Hall–Kier alpha value is -0.310. The molecule has 5 heteroatoms. The summed E-state index contributed by atoms with van der Waals surface area (Å²) >= 11 is 25.2. The molecule has 0 aliphatic carbocycles. The minimum atomic E-state index is 0.456. The molecule has 0 aliphatic heterocycles. The van der Waals surface area contributed by atoms with E-state index in [9.17, 15) is 0 Å². The molecular weight excluding hydrogens is 342 g/mol. The maximum atomic E-state index is 6.09. The molecule has 19 heavy (non-hydrogen) atoms. The minimum Gasteiger partial charge on any atom is -0.0964 e. The number of hydrogen-bond donors (Lipinski definition) is 0. The van der Waals surface area contributed by atoms with Gasteiger partial charge in [-0.05, 0) is 41.3 Å². The Labute approximate surface area is 136 Å². The highest BCUT2D eigenvalue weighted by molar-refractivity contribution is 8.02. The average Bonchev–Trinajstić information content (AvgIpc) is 2.38. The van der Waals surface area contributed by atoms with Gasteiger partial charge in [-0.3, -0.25) is 0 Å². The van der Waals surface area contributed by atoms with Crippen LogP contribution in [0, 0.1) is 0 Å². The van der Waals surface area contributed by atoms with Crippen LogP contribution in [0.1, 0.15) is 5.56 Å². The molecule has 0 aliphatic rings. The van der Waals surface area contributed by atoms with Gasteiger partial charge in [0.2, 0.25) is 0 Å². The van der Waals surface area contributed by atoms with Crippen LogP contribution in [-0.4, -0.2) is 0 Å². The zero-order valence-electron chi connectivity index (χ0n) is 9.54. The quantitative estimate of drug-likeness (QED) is 0.422. The van der Waals surface area contributed by atoms with Gasteiger partial charge in [0.1, 0.15) is 0 Å². The zero-order valence-corrected chi connectivity index (χ0v) is 13.4. The Kier molecular flexibility index (Phi) is 5.49. The van der Waals surface area contributed by atoms with Crippen LogP contribution in [0.2, 0.25) is 20.1 Å². The van der Waals surface area contributed by atoms with Crippen molar-refractivity contribution in [3.05, 3.63) is 67.5 Å². The molecule has 0 spiro atoms. The molecule has 98 valence electrons. The van der Waals surface area contributed by atoms with E-state index in [0.29, 0.717) is 15.1 Å². The standard InChI is InChI=1S/C14H8Cl4S/c15-10-3-1-9(2-4-10)5-6-19-14-8-12(17)11(16)7-13(14)18/h1-8H/b6-5-. The van der Waals surface area contributed by atoms with Crippen molar-refractivity contribution in [1.82, 2.24) is 0 Å². The van der Waals surface area contributed by atoms with Crippen molar-refractivity contribution in [3.63, 3.8) is 0 Å². The van der Waals surface area contributed by atoms with Crippen LogP contribution in [0.15, 0.2) is 46.7 Å². The highest BCUT2D eigenvalue weighted by Crippen LogP contribution is 2.35. The molecule has 2 aromatic rings. The van der Waals surface area contributed by atoms with E-state index in [1.807, 2.05) is 35.7 Å². The number of halogens is 4. The third kappa shape index (κ3) is 4.34. The molecule has 0 atom stereocenters. The Morgan fingerprint density at radius 2 is 1.42 bits per heavy atom. The van der Waals surface area contributed by atoms with Crippen molar-refractivity contribution in [2.75, 3.05) is 0 Å². The van der Waals surface area contributed by atoms with Gasteiger partial charge in [0.25, 0.3) is 0 Å². The third-order valence-corrected chi connectivity index (χ3v) is 4.56. The van der Waals surface area contributed by atoms with Gasteiger partial charge < -0.3 is 0 Å². The van der Waals surface area contributed by atoms with E-state index in [0.717, 1.165) is 15.5 Å². The van der Waals surface area contributed by atoms with Gasteiger partial charge >= 0.3 is 0 Å². The van der Waals surface area contributed by atoms with Crippen LogP contribution < -0.4 is 0 Å². The average molecular weight is 350 g/mol. The van der Waals surface area contributed by atoms with Gasteiger partial charge in [-0.15, -0.1) is 0 Å². The van der Waals surface area contributed by atoms with E-state index in [-0.39, 0.29) is 0 Å². The lowest BCUT2D eigenvalue weighted by Gasteiger charge is -2.03. The lowest BCUT2D eigenvalue weighted by Crippen LogP contribution is -1.75. The SMILES string of the molecule is Clc1ccc(/C=C\Sc2cc(Cl)c(Cl)cc2Cl)cc1. The van der Waals surface area contributed by atoms with E-state index >= 15 is 0 Å². The summed E-state index contributed by atoms with van der Waals surface area (Å²) in [5, 5.41) is 4.19. The van der Waals surface area contributed by atoms with E-state index in [4.69, 9.17) is 46.4 Å². The van der Waals surface area contributed by atoms with E-state index in [1.165, 1.54) is 11.8 Å². The first-order valence-corrected chi connectivity index (χ1v) is 7.69. The molecule has 2 rings (SSSR count). The van der Waals surface area contributed by atoms with Crippen molar-refractivity contribution < 1.29 is 0 Å². The molecule has 0 fully saturated rings. The lowest BCUT2D eigenvalue weighted by atomic mass is 10.2. The van der Waals surface area contributed by atoms with Gasteiger partial charge in [0.15, 0.2) is 0 Å². The second-order valence-electron chi connectivity index (χ2n) is 3.67. The van der Waals surface area contributed by atoms with Crippen molar-refractivity contribution in [1.29, 1.82) is 0 Å². The summed E-state index contributed by atoms with van der Waals surface area (Å²) in [6.45, 7) is 0. The third-order valence-electron chi connectivity index (χ3n) is 2.30. The fourth-order valence-corrected chi connectivity index (χ4v) is 2.95. The fraction of sp³-hybridized carbons (Fsp3) is 0. The number of benzene rings is 2. The monoisotopic (exact) mass is 348 g/mol. The predicted octanol–water partition coefficient (Wildman–Crippen LogP) is 7.06. The molecule has 0 amide bonds. The second-order valence-corrected chi connectivity index (χ2v) is 6.27. The van der Waals surface area contributed by atoms with Crippen LogP contribution in [0.4, 0.5) is 0 Å². The molecule has 2 aromatic carbocycles. The Balaban J connectivity index is 2.10. The lowest BCUT2D eigenvalue weighted by molar-refractivity contribution is 1.47. The smallest absolute Gasteiger partial charge is 0.0607 e. The van der Waals surface area contributed by atoms with Crippen LogP contribution in [-0.2, 0) is 0 Å². The van der Waals surface area contributed by atoms with E-state index < -0.39 is 0 Å². The van der Waals surface area contributed by atoms with Crippen molar-refractivity contribution in [3.8, 4) is 0 Å². The summed E-state index contributed by atoms with van der Waals surface area (Å²) in [5.74, 6) is 0. The van der Waals surface area contributed by atoms with Crippen molar-refractivity contribution >= 4 is 64.2 Å². The zero-order chi connectivity index (χ0) is 13.8.